The van der Waals surface area contributed by atoms with Crippen LogP contribution < -0.4 is 0 Å². The van der Waals surface area contributed by atoms with Gasteiger partial charge in [0.25, 0.3) is 0 Å². The Bertz CT molecular complexity index is 106. The minimum Gasteiger partial charge on any atom is -0.414 e. The molecule has 0 aliphatic carbocycles. The van der Waals surface area contributed by atoms with E-state index < -0.39 is 0 Å². The van der Waals surface area contributed by atoms with Gasteiger partial charge in [-0.1, -0.05) is 0 Å². The second kappa shape index (κ2) is 5.22. The molecule has 1 aliphatic heterocycles. The fourth-order valence-corrected chi connectivity index (χ4v) is 1.18. The zero-order valence-corrected chi connectivity index (χ0v) is 9.69. The first-order valence-corrected chi connectivity index (χ1v) is 3.31. The van der Waals surface area contributed by atoms with E-state index in [1.54, 1.807) is 0 Å². The molecule has 3 radical (unpaired) electrons. The van der Waals surface area contributed by atoms with Gasteiger partial charge in [0.1, 0.15) is 7.85 Å². The Morgan fingerprint density at radius 1 is 1.70 bits per heavy atom. The molecule has 0 aromatic carbocycles. The summed E-state index contributed by atoms with van der Waals surface area (Å²) in [6.07, 6.45) is 0.667. The molecule has 1 heterocycles. The van der Waals surface area contributed by atoms with E-state index in [0.29, 0.717) is 0 Å². The van der Waals surface area contributed by atoms with Crippen LogP contribution in [0.4, 0.5) is 0 Å². The van der Waals surface area contributed by atoms with E-state index >= 15 is 0 Å². The third kappa shape index (κ3) is 2.87. The van der Waals surface area contributed by atoms with Crippen molar-refractivity contribution in [1.82, 2.24) is 0 Å². The van der Waals surface area contributed by atoms with Crippen LogP contribution in [-0.4, -0.2) is 26.1 Å². The van der Waals surface area contributed by atoms with E-state index in [1.165, 1.54) is 0 Å². The van der Waals surface area contributed by atoms with E-state index in [4.69, 9.17) is 17.1 Å². The van der Waals surface area contributed by atoms with Gasteiger partial charge in [-0.25, -0.2) is 0 Å². The van der Waals surface area contributed by atoms with Crippen LogP contribution in [0.5, 0.6) is 0 Å². The summed E-state index contributed by atoms with van der Waals surface area (Å²) in [6.45, 7) is 3.70. The van der Waals surface area contributed by atoms with Crippen LogP contribution >= 0.6 is 9.47 Å². The molecule has 10 heavy (non-hydrogen) atoms. The maximum atomic E-state index is 5.44. The quantitative estimate of drug-likeness (QED) is 0.367. The molecule has 0 aromatic heterocycles. The molecular weight excluding hydrogens is 223 g/mol. The molecule has 0 amide bonds. The Kier molecular flexibility index (Phi) is 6.01. The van der Waals surface area contributed by atoms with E-state index in [2.05, 4.69) is 16.4 Å². The molecule has 1 aliphatic rings. The van der Waals surface area contributed by atoms with Gasteiger partial charge in [0.2, 0.25) is 0 Å². The Labute approximate surface area is 90.4 Å². The Morgan fingerprint density at radius 2 is 2.30 bits per heavy atom. The summed E-state index contributed by atoms with van der Waals surface area (Å²) in [5.41, 5.74) is 0. The third-order valence-electron chi connectivity index (χ3n) is 1.40. The number of hydrogen-bond donors (Lipinski definition) is 0. The molecule has 0 saturated carbocycles. The summed E-state index contributed by atoms with van der Waals surface area (Å²) in [4.78, 5) is 0. The van der Waals surface area contributed by atoms with Gasteiger partial charge in [-0.2, -0.15) is 0 Å². The first kappa shape index (κ1) is 11.5. The molecule has 2 unspecified atom stereocenters. The summed E-state index contributed by atoms with van der Waals surface area (Å²) in [5.74, 6) is 0. The summed E-state index contributed by atoms with van der Waals surface area (Å²) < 4.78 is 10.0. The topological polar surface area (TPSA) is 18.5 Å². The number of rotatable bonds is 1. The minimum absolute atomic E-state index is 0. The van der Waals surface area contributed by atoms with Crippen molar-refractivity contribution in [2.45, 2.75) is 24.6 Å². The van der Waals surface area contributed by atoms with Crippen molar-refractivity contribution in [2.75, 3.05) is 0 Å². The largest absolute Gasteiger partial charge is 0.414 e. The second-order valence-electron chi connectivity index (χ2n) is 2.12. The zero-order valence-electron chi connectivity index (χ0n) is 5.69. The molecule has 0 aromatic rings. The molecule has 53 valence electrons. The Balaban J connectivity index is 0.000000810. The van der Waals surface area contributed by atoms with Gasteiger partial charge < -0.3 is 16.2 Å². The van der Waals surface area contributed by atoms with E-state index in [9.17, 15) is 0 Å². The smallest absolute Gasteiger partial charge is 0.108 e. The molecule has 0 spiro atoms. The standard InChI is InChI=1S/C5H9BO2P.Y/c1-3-4(8-9)2-5(6)7-3;/h3-5H,1-2,9H2;/q-1;/t3-,4?,5-;/m1./s1. The SMILES string of the molecule is [B][C@H]1CC(OP)[C@@H]([CH2-])O1.[Y]. The van der Waals surface area contributed by atoms with Crippen molar-refractivity contribution in [2.24, 2.45) is 0 Å². The Morgan fingerprint density at radius 3 is 2.50 bits per heavy atom. The van der Waals surface area contributed by atoms with Gasteiger partial charge in [-0.05, 0) is 12.5 Å². The monoisotopic (exact) mass is 232 g/mol. The van der Waals surface area contributed by atoms with Crippen LogP contribution in [0, 0.1) is 6.92 Å². The fraction of sp³-hybridized carbons (Fsp3) is 0.800. The van der Waals surface area contributed by atoms with E-state index in [-0.39, 0.29) is 50.9 Å². The average Bonchev–Trinajstić information content (AvgIpc) is 2.10. The summed E-state index contributed by atoms with van der Waals surface area (Å²) in [7, 11) is 7.63. The fourth-order valence-electron chi connectivity index (χ4n) is 0.892. The molecule has 4 atom stereocenters. The van der Waals surface area contributed by atoms with Crippen LogP contribution in [0.15, 0.2) is 0 Å². The van der Waals surface area contributed by atoms with E-state index in [1.807, 2.05) is 0 Å². The third-order valence-corrected chi connectivity index (χ3v) is 1.75. The predicted octanol–water partition coefficient (Wildman–Crippen LogP) is 0.277. The van der Waals surface area contributed by atoms with Crippen LogP contribution in [0.1, 0.15) is 6.42 Å². The van der Waals surface area contributed by atoms with Crippen LogP contribution in [0.2, 0.25) is 0 Å². The van der Waals surface area contributed by atoms with Crippen molar-refractivity contribution >= 4 is 17.3 Å². The summed E-state index contributed by atoms with van der Waals surface area (Å²) in [5, 5.41) is 0. The minimum atomic E-state index is -0.196. The van der Waals surface area contributed by atoms with Crippen LogP contribution in [-0.2, 0) is 42.0 Å². The molecule has 1 saturated heterocycles. The van der Waals surface area contributed by atoms with Crippen molar-refractivity contribution in [1.29, 1.82) is 0 Å². The van der Waals surface area contributed by atoms with Gasteiger partial charge >= 0.3 is 0 Å². The summed E-state index contributed by atoms with van der Waals surface area (Å²) in [6, 6.07) is -0.196. The molecule has 2 nitrogen and oxygen atoms in total. The number of ether oxygens (including phenoxy) is 1. The van der Waals surface area contributed by atoms with Gasteiger partial charge in [0, 0.05) is 48.2 Å². The van der Waals surface area contributed by atoms with E-state index in [0.717, 1.165) is 6.42 Å². The van der Waals surface area contributed by atoms with Crippen molar-refractivity contribution in [3.05, 3.63) is 6.92 Å². The second-order valence-corrected chi connectivity index (χ2v) is 2.40. The molecule has 1 rings (SSSR count). The summed E-state index contributed by atoms with van der Waals surface area (Å²) >= 11 is 0. The van der Waals surface area contributed by atoms with Gasteiger partial charge in [-0.3, -0.25) is 0 Å². The Hall–Kier alpha value is 1.52. The zero-order chi connectivity index (χ0) is 6.85. The molecular formula is C5H9BO2PY-. The van der Waals surface area contributed by atoms with Crippen molar-refractivity contribution < 1.29 is 42.0 Å². The van der Waals surface area contributed by atoms with Crippen molar-refractivity contribution in [3.8, 4) is 0 Å². The van der Waals surface area contributed by atoms with Crippen molar-refractivity contribution in [3.63, 3.8) is 0 Å². The first-order valence-electron chi connectivity index (χ1n) is 2.83. The van der Waals surface area contributed by atoms with Gasteiger partial charge in [-0.15, -0.1) is 0 Å². The maximum Gasteiger partial charge on any atom is 0.108 e. The normalized spacial score (nSPS) is 39.2. The average molecular weight is 232 g/mol. The maximum absolute atomic E-state index is 5.44. The molecule has 5 heteroatoms. The molecule has 0 N–H and O–H groups in total. The first-order chi connectivity index (χ1) is 4.24. The van der Waals surface area contributed by atoms with Crippen LogP contribution in [0.25, 0.3) is 0 Å². The molecule has 1 fully saturated rings. The van der Waals surface area contributed by atoms with Gasteiger partial charge in [0.05, 0.1) is 6.10 Å². The predicted molar refractivity (Wildman–Crippen MR) is 39.0 cm³/mol. The number of hydrogen-bond acceptors (Lipinski definition) is 2. The molecule has 0 bridgehead atoms. The van der Waals surface area contributed by atoms with Crippen LogP contribution in [0.3, 0.4) is 0 Å². The van der Waals surface area contributed by atoms with Gasteiger partial charge in [0.15, 0.2) is 0 Å².